The van der Waals surface area contributed by atoms with Crippen LogP contribution < -0.4 is 4.74 Å². The number of imidazole rings is 1. The van der Waals surface area contributed by atoms with Crippen molar-refractivity contribution in [3.8, 4) is 5.75 Å². The number of ether oxygens (including phenoxy) is 1. The van der Waals surface area contributed by atoms with E-state index in [1.807, 2.05) is 12.1 Å². The van der Waals surface area contributed by atoms with Gasteiger partial charge in [-0.15, -0.1) is 0 Å². The molecule has 0 unspecified atom stereocenters. The number of pyridine rings is 1. The third-order valence-corrected chi connectivity index (χ3v) is 3.09. The highest BCUT2D eigenvalue weighted by atomic mass is 16.5. The molecule has 0 aliphatic heterocycles. The molecule has 0 saturated heterocycles. The van der Waals surface area contributed by atoms with Gasteiger partial charge in [0.05, 0.1) is 12.8 Å². The largest absolute Gasteiger partial charge is 0.493 e. The monoisotopic (exact) mass is 202 g/mol. The molecule has 0 aromatic carbocycles. The SMILES string of the molecule is COc1cccn2c3c(nc12)CCCC3. The Labute approximate surface area is 88.7 Å². The highest BCUT2D eigenvalue weighted by molar-refractivity contribution is 5.56. The summed E-state index contributed by atoms with van der Waals surface area (Å²) in [6, 6.07) is 3.98. The van der Waals surface area contributed by atoms with Crippen LogP contribution in [0.15, 0.2) is 18.3 Å². The lowest BCUT2D eigenvalue weighted by atomic mass is 10.0. The number of fused-ring (bicyclic) bond motifs is 3. The van der Waals surface area contributed by atoms with Crippen LogP contribution in [-0.2, 0) is 12.8 Å². The van der Waals surface area contributed by atoms with Crippen LogP contribution >= 0.6 is 0 Å². The third-order valence-electron chi connectivity index (χ3n) is 3.09. The second kappa shape index (κ2) is 3.26. The van der Waals surface area contributed by atoms with E-state index in [4.69, 9.17) is 4.74 Å². The lowest BCUT2D eigenvalue weighted by Gasteiger charge is -2.09. The lowest BCUT2D eigenvalue weighted by Crippen LogP contribution is -2.03. The van der Waals surface area contributed by atoms with Gasteiger partial charge in [0.1, 0.15) is 0 Å². The Bertz CT molecular complexity index is 502. The van der Waals surface area contributed by atoms with E-state index in [1.165, 1.54) is 24.2 Å². The van der Waals surface area contributed by atoms with Crippen molar-refractivity contribution in [1.82, 2.24) is 9.38 Å². The van der Waals surface area contributed by atoms with Gasteiger partial charge in [-0.1, -0.05) is 0 Å². The van der Waals surface area contributed by atoms with Crippen molar-refractivity contribution >= 4 is 5.65 Å². The van der Waals surface area contributed by atoms with Gasteiger partial charge in [0.15, 0.2) is 11.4 Å². The Hall–Kier alpha value is -1.51. The Morgan fingerprint density at radius 2 is 2.20 bits per heavy atom. The minimum atomic E-state index is 0.868. The molecule has 0 bridgehead atoms. The number of aryl methyl sites for hydroxylation is 2. The number of nitrogens with zero attached hydrogens (tertiary/aromatic N) is 2. The Morgan fingerprint density at radius 3 is 3.07 bits per heavy atom. The number of hydrogen-bond donors (Lipinski definition) is 0. The van der Waals surface area contributed by atoms with Gasteiger partial charge in [0.2, 0.25) is 0 Å². The highest BCUT2D eigenvalue weighted by Crippen LogP contribution is 2.26. The minimum Gasteiger partial charge on any atom is -0.493 e. The number of hydrogen-bond acceptors (Lipinski definition) is 2. The molecular weight excluding hydrogens is 188 g/mol. The fraction of sp³-hybridized carbons (Fsp3) is 0.417. The van der Waals surface area contributed by atoms with Crippen LogP contribution in [0.4, 0.5) is 0 Å². The number of methoxy groups -OCH3 is 1. The summed E-state index contributed by atoms with van der Waals surface area (Å²) in [5.41, 5.74) is 3.59. The molecule has 1 aliphatic rings. The van der Waals surface area contributed by atoms with Gasteiger partial charge in [-0.2, -0.15) is 0 Å². The van der Waals surface area contributed by atoms with E-state index in [2.05, 4.69) is 15.6 Å². The first kappa shape index (κ1) is 8.77. The smallest absolute Gasteiger partial charge is 0.180 e. The first-order chi connectivity index (χ1) is 7.40. The van der Waals surface area contributed by atoms with E-state index in [1.54, 1.807) is 7.11 Å². The van der Waals surface area contributed by atoms with E-state index >= 15 is 0 Å². The summed E-state index contributed by atoms with van der Waals surface area (Å²) in [5, 5.41) is 0. The normalized spacial score (nSPS) is 15.3. The molecule has 3 nitrogen and oxygen atoms in total. The van der Waals surface area contributed by atoms with Crippen LogP contribution in [0.25, 0.3) is 5.65 Å². The van der Waals surface area contributed by atoms with E-state index in [-0.39, 0.29) is 0 Å². The fourth-order valence-corrected chi connectivity index (χ4v) is 2.35. The zero-order valence-electron chi connectivity index (χ0n) is 8.86. The molecule has 0 radical (unpaired) electrons. The molecule has 3 rings (SSSR count). The average Bonchev–Trinajstić information content (AvgIpc) is 2.67. The van der Waals surface area contributed by atoms with Crippen molar-refractivity contribution in [2.45, 2.75) is 25.7 Å². The molecular formula is C12H14N2O. The van der Waals surface area contributed by atoms with Crippen LogP contribution in [0.5, 0.6) is 5.75 Å². The van der Waals surface area contributed by atoms with Crippen molar-refractivity contribution in [2.75, 3.05) is 7.11 Å². The van der Waals surface area contributed by atoms with E-state index in [0.717, 1.165) is 24.2 Å². The zero-order valence-corrected chi connectivity index (χ0v) is 8.86. The molecule has 0 N–H and O–H groups in total. The maximum atomic E-state index is 5.32. The summed E-state index contributed by atoms with van der Waals surface area (Å²) in [6.07, 6.45) is 6.87. The maximum absolute atomic E-state index is 5.32. The standard InChI is InChI=1S/C12H14N2O/c1-15-11-7-4-8-14-10-6-3-2-5-9(10)13-12(11)14/h4,7-8H,2-3,5-6H2,1H3. The van der Waals surface area contributed by atoms with Crippen LogP contribution in [-0.4, -0.2) is 16.5 Å². The predicted molar refractivity (Wildman–Crippen MR) is 58.4 cm³/mol. The zero-order chi connectivity index (χ0) is 10.3. The average molecular weight is 202 g/mol. The topological polar surface area (TPSA) is 26.5 Å². The first-order valence-corrected chi connectivity index (χ1v) is 5.43. The van der Waals surface area contributed by atoms with Gasteiger partial charge in [-0.3, -0.25) is 0 Å². The van der Waals surface area contributed by atoms with Crippen molar-refractivity contribution in [3.63, 3.8) is 0 Å². The van der Waals surface area contributed by atoms with E-state index in [9.17, 15) is 0 Å². The quantitative estimate of drug-likeness (QED) is 0.708. The molecule has 2 heterocycles. The summed E-state index contributed by atoms with van der Waals surface area (Å²) in [5.74, 6) is 0.868. The molecule has 2 aromatic rings. The molecule has 0 fully saturated rings. The molecule has 15 heavy (non-hydrogen) atoms. The van der Waals surface area contributed by atoms with Crippen LogP contribution in [0.3, 0.4) is 0 Å². The molecule has 78 valence electrons. The van der Waals surface area contributed by atoms with Crippen molar-refractivity contribution in [3.05, 3.63) is 29.7 Å². The van der Waals surface area contributed by atoms with Gasteiger partial charge in [0.25, 0.3) is 0 Å². The summed E-state index contributed by atoms with van der Waals surface area (Å²) in [4.78, 5) is 4.66. The highest BCUT2D eigenvalue weighted by Gasteiger charge is 2.17. The second-order valence-electron chi connectivity index (χ2n) is 3.98. The van der Waals surface area contributed by atoms with Crippen LogP contribution in [0, 0.1) is 0 Å². The van der Waals surface area contributed by atoms with Gasteiger partial charge in [-0.05, 0) is 37.8 Å². The van der Waals surface area contributed by atoms with Crippen molar-refractivity contribution in [2.24, 2.45) is 0 Å². The Morgan fingerprint density at radius 1 is 1.33 bits per heavy atom. The Kier molecular flexibility index (Phi) is 1.91. The van der Waals surface area contributed by atoms with Gasteiger partial charge in [0, 0.05) is 11.9 Å². The Balaban J connectivity index is 2.31. The molecule has 2 aromatic heterocycles. The third kappa shape index (κ3) is 1.23. The minimum absolute atomic E-state index is 0.868. The molecule has 1 aliphatic carbocycles. The van der Waals surface area contributed by atoms with Gasteiger partial charge < -0.3 is 9.14 Å². The molecule has 3 heteroatoms. The fourth-order valence-electron chi connectivity index (χ4n) is 2.35. The van der Waals surface area contributed by atoms with Crippen LogP contribution in [0.1, 0.15) is 24.2 Å². The van der Waals surface area contributed by atoms with Crippen molar-refractivity contribution in [1.29, 1.82) is 0 Å². The molecule has 0 saturated carbocycles. The first-order valence-electron chi connectivity index (χ1n) is 5.43. The number of aromatic nitrogens is 2. The predicted octanol–water partition coefficient (Wildman–Crippen LogP) is 2.22. The summed E-state index contributed by atoms with van der Waals surface area (Å²) < 4.78 is 7.50. The maximum Gasteiger partial charge on any atom is 0.180 e. The summed E-state index contributed by atoms with van der Waals surface area (Å²) in [6.45, 7) is 0. The summed E-state index contributed by atoms with van der Waals surface area (Å²) in [7, 11) is 1.70. The second-order valence-corrected chi connectivity index (χ2v) is 3.98. The molecule has 0 spiro atoms. The summed E-state index contributed by atoms with van der Waals surface area (Å²) >= 11 is 0. The lowest BCUT2D eigenvalue weighted by molar-refractivity contribution is 0.417. The van der Waals surface area contributed by atoms with E-state index < -0.39 is 0 Å². The molecule has 0 atom stereocenters. The molecule has 0 amide bonds. The van der Waals surface area contributed by atoms with Crippen LogP contribution in [0.2, 0.25) is 0 Å². The van der Waals surface area contributed by atoms with Crippen molar-refractivity contribution < 1.29 is 4.74 Å². The number of rotatable bonds is 1. The van der Waals surface area contributed by atoms with E-state index in [0.29, 0.717) is 0 Å². The van der Waals surface area contributed by atoms with Gasteiger partial charge >= 0.3 is 0 Å². The van der Waals surface area contributed by atoms with Gasteiger partial charge in [-0.25, -0.2) is 4.98 Å².